The highest BCUT2D eigenvalue weighted by Crippen LogP contribution is 2.20. The third-order valence-corrected chi connectivity index (χ3v) is 5.11. The van der Waals surface area contributed by atoms with Crippen LogP contribution in [-0.4, -0.2) is 39.5 Å². The summed E-state index contributed by atoms with van der Waals surface area (Å²) in [5.41, 5.74) is 3.76. The number of sulfonamides is 1. The second kappa shape index (κ2) is 9.37. The Labute approximate surface area is 164 Å². The molecule has 0 unspecified atom stereocenters. The molecule has 0 amide bonds. The van der Waals surface area contributed by atoms with Gasteiger partial charge in [-0.2, -0.15) is 0 Å². The molecule has 0 atom stereocenters. The molecule has 26 heavy (non-hydrogen) atoms. The molecule has 0 aliphatic heterocycles. The van der Waals surface area contributed by atoms with E-state index in [0.29, 0.717) is 17.4 Å². The van der Waals surface area contributed by atoms with E-state index in [4.69, 9.17) is 28.3 Å². The molecule has 0 aliphatic carbocycles. The molecule has 0 spiro atoms. The van der Waals surface area contributed by atoms with Gasteiger partial charge in [-0.05, 0) is 54.4 Å². The van der Waals surface area contributed by atoms with Crippen molar-refractivity contribution in [3.63, 3.8) is 0 Å². The molecular formula is C18H21Cl2N3O2S. The zero-order valence-electron chi connectivity index (χ0n) is 14.4. The lowest BCUT2D eigenvalue weighted by atomic mass is 10.1. The van der Waals surface area contributed by atoms with Crippen molar-refractivity contribution in [2.45, 2.75) is 11.8 Å². The van der Waals surface area contributed by atoms with Crippen LogP contribution in [0.1, 0.15) is 11.1 Å². The lowest BCUT2D eigenvalue weighted by Gasteiger charge is -2.23. The number of alkyl halides is 2. The topological polar surface area (TPSA) is 75.8 Å². The van der Waals surface area contributed by atoms with Crippen LogP contribution in [0.4, 0.5) is 11.4 Å². The molecule has 0 aromatic heterocycles. The maximum absolute atomic E-state index is 11.3. The highest BCUT2D eigenvalue weighted by Gasteiger charge is 2.08. The number of primary sulfonamides is 1. The fraction of sp³-hybridized carbons (Fsp3) is 0.278. The van der Waals surface area contributed by atoms with Crippen molar-refractivity contribution in [1.82, 2.24) is 0 Å². The van der Waals surface area contributed by atoms with Gasteiger partial charge in [0, 0.05) is 36.8 Å². The molecular weight excluding hydrogens is 393 g/mol. The normalized spacial score (nSPS) is 11.8. The molecule has 2 aromatic carbocycles. The lowest BCUT2D eigenvalue weighted by Crippen LogP contribution is -2.27. The van der Waals surface area contributed by atoms with E-state index >= 15 is 0 Å². The summed E-state index contributed by atoms with van der Waals surface area (Å²) in [5, 5.41) is 5.09. The number of benzene rings is 2. The Bertz CT molecular complexity index is 863. The highest BCUT2D eigenvalue weighted by molar-refractivity contribution is 7.89. The summed E-state index contributed by atoms with van der Waals surface area (Å²) >= 11 is 11.7. The van der Waals surface area contributed by atoms with Gasteiger partial charge in [-0.15, -0.1) is 23.2 Å². The summed E-state index contributed by atoms with van der Waals surface area (Å²) in [5.74, 6) is 1.07. The van der Waals surface area contributed by atoms with Crippen LogP contribution in [0.5, 0.6) is 0 Å². The second-order valence-corrected chi connectivity index (χ2v) is 8.02. The monoisotopic (exact) mass is 413 g/mol. The van der Waals surface area contributed by atoms with Crippen molar-refractivity contribution >= 4 is 50.8 Å². The molecule has 0 heterocycles. The minimum atomic E-state index is -3.69. The third-order valence-electron chi connectivity index (χ3n) is 3.85. The summed E-state index contributed by atoms with van der Waals surface area (Å²) < 4.78 is 22.5. The summed E-state index contributed by atoms with van der Waals surface area (Å²) in [7, 11) is -3.69. The molecule has 5 nitrogen and oxygen atoms in total. The molecule has 0 saturated heterocycles. The molecule has 0 saturated carbocycles. The van der Waals surface area contributed by atoms with Gasteiger partial charge in [-0.3, -0.25) is 4.99 Å². The number of nitrogens with two attached hydrogens (primary N) is 1. The first-order valence-corrected chi connectivity index (χ1v) is 10.6. The number of aliphatic imine (C=N–C) groups is 1. The van der Waals surface area contributed by atoms with E-state index in [2.05, 4.69) is 16.0 Å². The first kappa shape index (κ1) is 20.7. The maximum atomic E-state index is 11.3. The molecule has 2 aromatic rings. The zero-order chi connectivity index (χ0) is 19.2. The van der Waals surface area contributed by atoms with E-state index in [1.165, 1.54) is 12.1 Å². The van der Waals surface area contributed by atoms with Crippen molar-refractivity contribution in [3.8, 4) is 0 Å². The van der Waals surface area contributed by atoms with E-state index in [9.17, 15) is 8.42 Å². The summed E-state index contributed by atoms with van der Waals surface area (Å²) in [6.07, 6.45) is 1.75. The van der Waals surface area contributed by atoms with Crippen LogP contribution in [0.25, 0.3) is 0 Å². The van der Waals surface area contributed by atoms with E-state index in [1.54, 1.807) is 18.3 Å². The van der Waals surface area contributed by atoms with E-state index in [0.717, 1.165) is 29.9 Å². The fourth-order valence-electron chi connectivity index (χ4n) is 2.44. The zero-order valence-corrected chi connectivity index (χ0v) is 16.7. The Hall–Kier alpha value is -1.60. The fourth-order valence-corrected chi connectivity index (χ4v) is 3.36. The number of halogens is 2. The largest absolute Gasteiger partial charge is 0.369 e. The number of anilines is 1. The Balaban J connectivity index is 2.18. The number of aryl methyl sites for hydroxylation is 1. The highest BCUT2D eigenvalue weighted by atomic mass is 35.5. The van der Waals surface area contributed by atoms with Crippen LogP contribution in [0.2, 0.25) is 0 Å². The van der Waals surface area contributed by atoms with Crippen LogP contribution in [0, 0.1) is 6.92 Å². The molecule has 0 fully saturated rings. The predicted octanol–water partition coefficient (Wildman–Crippen LogP) is 3.68. The van der Waals surface area contributed by atoms with Gasteiger partial charge in [0.2, 0.25) is 10.0 Å². The predicted molar refractivity (Wildman–Crippen MR) is 110 cm³/mol. The van der Waals surface area contributed by atoms with Crippen molar-refractivity contribution in [3.05, 3.63) is 53.6 Å². The average Bonchev–Trinajstić information content (AvgIpc) is 2.60. The quantitative estimate of drug-likeness (QED) is 0.529. The first-order valence-electron chi connectivity index (χ1n) is 7.99. The molecule has 0 bridgehead atoms. The van der Waals surface area contributed by atoms with Crippen molar-refractivity contribution in [1.29, 1.82) is 0 Å². The average molecular weight is 414 g/mol. The molecule has 2 rings (SSSR count). The molecule has 8 heteroatoms. The number of hydrogen-bond acceptors (Lipinski definition) is 4. The smallest absolute Gasteiger partial charge is 0.238 e. The molecule has 0 radical (unpaired) electrons. The van der Waals surface area contributed by atoms with Crippen molar-refractivity contribution < 1.29 is 8.42 Å². The van der Waals surface area contributed by atoms with Gasteiger partial charge in [0.25, 0.3) is 0 Å². The Kier molecular flexibility index (Phi) is 7.46. The molecule has 140 valence electrons. The lowest BCUT2D eigenvalue weighted by molar-refractivity contribution is 0.598. The Morgan fingerprint density at radius 1 is 1.08 bits per heavy atom. The van der Waals surface area contributed by atoms with Crippen LogP contribution in [0.3, 0.4) is 0 Å². The van der Waals surface area contributed by atoms with Crippen molar-refractivity contribution in [2.75, 3.05) is 29.7 Å². The second-order valence-electron chi connectivity index (χ2n) is 5.70. The van der Waals surface area contributed by atoms with Gasteiger partial charge in [0.1, 0.15) is 0 Å². The Morgan fingerprint density at radius 3 is 2.19 bits per heavy atom. The maximum Gasteiger partial charge on any atom is 0.238 e. The van der Waals surface area contributed by atoms with Crippen LogP contribution in [0.15, 0.2) is 52.4 Å². The first-order chi connectivity index (χ1) is 12.3. The van der Waals surface area contributed by atoms with Gasteiger partial charge in [0.05, 0.1) is 10.6 Å². The van der Waals surface area contributed by atoms with Gasteiger partial charge in [0.15, 0.2) is 0 Å². The molecule has 2 N–H and O–H groups in total. The number of rotatable bonds is 8. The van der Waals surface area contributed by atoms with E-state index < -0.39 is 10.0 Å². The van der Waals surface area contributed by atoms with Gasteiger partial charge in [-0.25, -0.2) is 13.6 Å². The minimum absolute atomic E-state index is 0.0654. The summed E-state index contributed by atoms with van der Waals surface area (Å²) in [6.45, 7) is 3.48. The van der Waals surface area contributed by atoms with Gasteiger partial charge in [-0.1, -0.05) is 6.07 Å². The third kappa shape index (κ3) is 5.71. The van der Waals surface area contributed by atoms with E-state index in [-0.39, 0.29) is 4.90 Å². The van der Waals surface area contributed by atoms with Crippen LogP contribution < -0.4 is 10.0 Å². The Morgan fingerprint density at radius 2 is 1.69 bits per heavy atom. The number of nitrogens with zero attached hydrogens (tertiary/aromatic N) is 2. The summed E-state index contributed by atoms with van der Waals surface area (Å²) in [6, 6.07) is 12.2. The van der Waals surface area contributed by atoms with E-state index in [1.807, 2.05) is 19.1 Å². The molecule has 0 aliphatic rings. The SMILES string of the molecule is Cc1cc(N(CCCl)CCCl)ccc1C=Nc1ccc(S(N)(=O)=O)cc1. The van der Waals surface area contributed by atoms with Crippen LogP contribution in [-0.2, 0) is 10.0 Å². The van der Waals surface area contributed by atoms with Gasteiger partial charge < -0.3 is 4.90 Å². The summed E-state index contributed by atoms with van der Waals surface area (Å²) in [4.78, 5) is 6.60. The van der Waals surface area contributed by atoms with Gasteiger partial charge >= 0.3 is 0 Å². The van der Waals surface area contributed by atoms with Crippen molar-refractivity contribution in [2.24, 2.45) is 10.1 Å². The van der Waals surface area contributed by atoms with Crippen LogP contribution >= 0.6 is 23.2 Å². The standard InChI is InChI=1S/C18H21Cl2N3O2S/c1-14-12-17(23(10-8-19)11-9-20)5-2-15(14)13-22-16-3-6-18(7-4-16)26(21,24)25/h2-7,12-13H,8-11H2,1H3,(H2,21,24,25). The number of hydrogen-bond donors (Lipinski definition) is 1. The minimum Gasteiger partial charge on any atom is -0.369 e.